The lowest BCUT2D eigenvalue weighted by molar-refractivity contribution is 1.03. The van der Waals surface area contributed by atoms with E-state index in [0.717, 1.165) is 6.42 Å². The fourth-order valence-corrected chi connectivity index (χ4v) is 4.86. The maximum absolute atomic E-state index is 2.42. The Bertz CT molecular complexity index is 532. The minimum Gasteiger partial charge on any atom is -0.116 e. The summed E-state index contributed by atoms with van der Waals surface area (Å²) in [5, 5.41) is 4.89. The molecule has 0 fully saturated rings. The first-order chi connectivity index (χ1) is 7.38. The van der Waals surface area contributed by atoms with E-state index in [2.05, 4.69) is 43.1 Å². The first-order valence-electron chi connectivity index (χ1n) is 5.58. The third kappa shape index (κ3) is 1.36. The minimum absolute atomic E-state index is 0.0157. The van der Waals surface area contributed by atoms with E-state index in [-0.39, 0.29) is 7.53 Å². The summed E-state index contributed by atoms with van der Waals surface area (Å²) in [6.07, 6.45) is 8.35. The van der Waals surface area contributed by atoms with E-state index in [1.54, 1.807) is 16.0 Å². The molecule has 1 unspecified atom stereocenters. The van der Waals surface area contributed by atoms with Crippen LogP contribution in [0.4, 0.5) is 0 Å². The van der Waals surface area contributed by atoms with Crippen molar-refractivity contribution in [2.24, 2.45) is 6.66 Å². The van der Waals surface area contributed by atoms with Gasteiger partial charge in [-0.25, -0.2) is 0 Å². The van der Waals surface area contributed by atoms with E-state index < -0.39 is 0 Å². The molecule has 0 nitrogen and oxygen atoms in total. The van der Waals surface area contributed by atoms with Crippen LogP contribution in [0.15, 0.2) is 36.4 Å². The summed E-state index contributed by atoms with van der Waals surface area (Å²) in [6, 6.07) is 8.97. The molecule has 2 aromatic rings. The highest BCUT2D eigenvalue weighted by atomic mass is 31.1. The normalized spacial score (nSPS) is 16.5. The van der Waals surface area contributed by atoms with Gasteiger partial charge in [-0.3, -0.25) is 0 Å². The second-order valence-corrected chi connectivity index (χ2v) is 6.36. The van der Waals surface area contributed by atoms with E-state index in [0.29, 0.717) is 0 Å². The molecule has 0 amide bonds. The highest BCUT2D eigenvalue weighted by Gasteiger charge is 2.14. The average Bonchev–Trinajstić information content (AvgIpc) is 2.48. The Labute approximate surface area is 91.7 Å². The number of benzene rings is 1. The number of rotatable bonds is 0. The standard InChI is InChI=1S/C14H15P/c1-15-13-9-4-2-3-7-11(13)12-8-5-6-10-14(12)15/h2-3,5-6,8,10H,4,7,9H2,1H3. The van der Waals surface area contributed by atoms with Crippen molar-refractivity contribution in [3.63, 3.8) is 0 Å². The quantitative estimate of drug-likeness (QED) is 0.570. The van der Waals surface area contributed by atoms with Gasteiger partial charge in [0, 0.05) is 5.12 Å². The summed E-state index contributed by atoms with van der Waals surface area (Å²) in [5.74, 6) is 0. The summed E-state index contributed by atoms with van der Waals surface area (Å²) in [5.41, 5.74) is 1.63. The molecule has 1 aromatic heterocycles. The molecule has 0 saturated carbocycles. The number of aryl methyl sites for hydroxylation is 1. The van der Waals surface area contributed by atoms with Crippen molar-refractivity contribution in [2.45, 2.75) is 19.3 Å². The zero-order valence-corrected chi connectivity index (χ0v) is 9.93. The molecule has 1 heteroatoms. The molecule has 0 aliphatic heterocycles. The van der Waals surface area contributed by atoms with Gasteiger partial charge in [-0.15, -0.1) is 7.53 Å². The highest BCUT2D eigenvalue weighted by molar-refractivity contribution is 7.54. The van der Waals surface area contributed by atoms with Crippen LogP contribution in [0.1, 0.15) is 17.3 Å². The van der Waals surface area contributed by atoms with Gasteiger partial charge in [0.2, 0.25) is 0 Å². The predicted octanol–water partition coefficient (Wildman–Crippen LogP) is 4.41. The van der Waals surface area contributed by atoms with Gasteiger partial charge in [0.1, 0.15) is 0 Å². The fourth-order valence-electron chi connectivity index (χ4n) is 2.61. The van der Waals surface area contributed by atoms with E-state index in [4.69, 9.17) is 0 Å². The molecule has 0 spiro atoms. The second kappa shape index (κ2) is 3.54. The van der Waals surface area contributed by atoms with Gasteiger partial charge < -0.3 is 0 Å². The molecule has 1 heterocycles. The first-order valence-corrected chi connectivity index (χ1v) is 7.37. The number of hydrogen-bond acceptors (Lipinski definition) is 0. The molecule has 0 radical (unpaired) electrons. The number of allylic oxidation sites excluding steroid dienone is 2. The topological polar surface area (TPSA) is 0 Å². The molecule has 1 aliphatic carbocycles. The van der Waals surface area contributed by atoms with E-state index in [9.17, 15) is 0 Å². The Morgan fingerprint density at radius 3 is 2.93 bits per heavy atom. The van der Waals surface area contributed by atoms with Crippen LogP contribution >= 0.6 is 7.53 Å². The third-order valence-corrected chi connectivity index (χ3v) is 5.80. The van der Waals surface area contributed by atoms with E-state index >= 15 is 0 Å². The molecule has 1 aliphatic rings. The van der Waals surface area contributed by atoms with Crippen molar-refractivity contribution in [1.29, 1.82) is 0 Å². The molecular weight excluding hydrogens is 199 g/mol. The number of fused-ring (bicyclic) bond motifs is 3. The second-order valence-electron chi connectivity index (χ2n) is 4.22. The molecule has 3 rings (SSSR count). The Hall–Kier alpha value is -1.00. The minimum atomic E-state index is -0.0157. The Kier molecular flexibility index (Phi) is 2.18. The Morgan fingerprint density at radius 2 is 2.00 bits per heavy atom. The predicted molar refractivity (Wildman–Crippen MR) is 68.8 cm³/mol. The fraction of sp³-hybridized carbons (Fsp3) is 0.286. The Morgan fingerprint density at radius 1 is 1.13 bits per heavy atom. The summed E-state index contributed by atoms with van der Waals surface area (Å²) in [7, 11) is -0.0157. The molecular formula is C14H15P. The van der Waals surface area contributed by atoms with Crippen molar-refractivity contribution in [1.82, 2.24) is 0 Å². The van der Waals surface area contributed by atoms with Gasteiger partial charge in [-0.1, -0.05) is 36.4 Å². The third-order valence-electron chi connectivity index (χ3n) is 3.38. The summed E-state index contributed by atoms with van der Waals surface area (Å²) >= 11 is 0. The van der Waals surface area contributed by atoms with Crippen molar-refractivity contribution in [2.75, 3.05) is 0 Å². The lowest BCUT2D eigenvalue weighted by atomic mass is 10.1. The largest absolute Gasteiger partial charge is 0.116 e. The highest BCUT2D eigenvalue weighted by Crippen LogP contribution is 2.46. The van der Waals surface area contributed by atoms with Gasteiger partial charge in [0.25, 0.3) is 0 Å². The van der Waals surface area contributed by atoms with E-state index in [1.165, 1.54) is 18.2 Å². The van der Waals surface area contributed by atoms with Crippen LogP contribution in [-0.4, -0.2) is 0 Å². The van der Waals surface area contributed by atoms with Gasteiger partial charge in [0.15, 0.2) is 0 Å². The van der Waals surface area contributed by atoms with Crippen LogP contribution in [-0.2, 0) is 19.5 Å². The van der Waals surface area contributed by atoms with Crippen molar-refractivity contribution >= 4 is 18.0 Å². The van der Waals surface area contributed by atoms with Crippen LogP contribution < -0.4 is 0 Å². The molecule has 15 heavy (non-hydrogen) atoms. The van der Waals surface area contributed by atoms with Crippen molar-refractivity contribution in [3.8, 4) is 0 Å². The first kappa shape index (κ1) is 9.24. The van der Waals surface area contributed by atoms with Gasteiger partial charge in [-0.2, -0.15) is 0 Å². The molecule has 1 atom stereocenters. The molecule has 0 saturated heterocycles. The summed E-state index contributed by atoms with van der Waals surface area (Å²) in [6.45, 7) is 2.42. The molecule has 1 aromatic carbocycles. The zero-order valence-electron chi connectivity index (χ0n) is 9.03. The summed E-state index contributed by atoms with van der Waals surface area (Å²) in [4.78, 5) is 0. The monoisotopic (exact) mass is 214 g/mol. The maximum Gasteiger partial charge on any atom is 0.00146 e. The molecule has 0 N–H and O–H groups in total. The van der Waals surface area contributed by atoms with Crippen LogP contribution in [0.2, 0.25) is 0 Å². The number of hydrogen-bond donors (Lipinski definition) is 0. The molecule has 76 valence electrons. The lowest BCUT2D eigenvalue weighted by Crippen LogP contribution is -1.83. The van der Waals surface area contributed by atoms with E-state index in [1.807, 2.05) is 0 Å². The smallest absolute Gasteiger partial charge is 0.00146 e. The van der Waals surface area contributed by atoms with Crippen LogP contribution in [0.3, 0.4) is 0 Å². The maximum atomic E-state index is 2.42. The SMILES string of the molecule is Cp1c2c(c3ccccc31)CC=CCC2. The Balaban J connectivity index is 2.36. The van der Waals surface area contributed by atoms with Crippen LogP contribution in [0, 0.1) is 0 Å². The van der Waals surface area contributed by atoms with Gasteiger partial charge in [0.05, 0.1) is 0 Å². The van der Waals surface area contributed by atoms with Gasteiger partial charge >= 0.3 is 0 Å². The zero-order chi connectivity index (χ0) is 10.3. The van der Waals surface area contributed by atoms with Gasteiger partial charge in [-0.05, 0) is 42.2 Å². The van der Waals surface area contributed by atoms with Crippen LogP contribution in [0.5, 0.6) is 0 Å². The van der Waals surface area contributed by atoms with Crippen molar-refractivity contribution in [3.05, 3.63) is 47.3 Å². The van der Waals surface area contributed by atoms with Crippen molar-refractivity contribution < 1.29 is 0 Å². The van der Waals surface area contributed by atoms with Crippen LogP contribution in [0.25, 0.3) is 10.5 Å². The molecule has 0 bridgehead atoms. The lowest BCUT2D eigenvalue weighted by Gasteiger charge is -2.00. The summed E-state index contributed by atoms with van der Waals surface area (Å²) < 4.78 is 0. The average molecular weight is 214 g/mol.